The molecule has 1 aromatic carbocycles. The van der Waals surface area contributed by atoms with Crippen LogP contribution in [-0.4, -0.2) is 41.4 Å². The number of likely N-dealkylation sites (tertiary alicyclic amines) is 1. The van der Waals surface area contributed by atoms with Gasteiger partial charge in [-0.25, -0.2) is 0 Å². The lowest BCUT2D eigenvalue weighted by Crippen LogP contribution is -2.43. The number of nitrogens with one attached hydrogen (secondary N) is 1. The summed E-state index contributed by atoms with van der Waals surface area (Å²) in [6.45, 7) is 0.571. The van der Waals surface area contributed by atoms with Crippen molar-refractivity contribution in [1.82, 2.24) is 10.2 Å². The Bertz CT molecular complexity index is 573. The van der Waals surface area contributed by atoms with Crippen molar-refractivity contribution < 1.29 is 19.5 Å². The topological polar surface area (TPSA) is 86.7 Å². The largest absolute Gasteiger partial charge is 0.481 e. The maximum absolute atomic E-state index is 12.4. The number of hydrogen-bond acceptors (Lipinski definition) is 3. The van der Waals surface area contributed by atoms with E-state index in [1.807, 2.05) is 30.3 Å². The number of amides is 2. The lowest BCUT2D eigenvalue weighted by molar-refractivity contribution is -0.139. The molecular weight excluding hydrogens is 296 g/mol. The van der Waals surface area contributed by atoms with E-state index in [2.05, 4.69) is 5.32 Å². The lowest BCUT2D eigenvalue weighted by atomic mass is 9.94. The third-order valence-corrected chi connectivity index (χ3v) is 4.20. The maximum atomic E-state index is 12.4. The van der Waals surface area contributed by atoms with Crippen molar-refractivity contribution in [3.63, 3.8) is 0 Å². The zero-order chi connectivity index (χ0) is 16.8. The molecule has 2 N–H and O–H groups in total. The summed E-state index contributed by atoms with van der Waals surface area (Å²) in [6, 6.07) is 8.96. The summed E-state index contributed by atoms with van der Waals surface area (Å²) >= 11 is 0. The number of piperidine rings is 1. The number of aliphatic carboxylic acids is 1. The van der Waals surface area contributed by atoms with Gasteiger partial charge in [-0.15, -0.1) is 0 Å². The summed E-state index contributed by atoms with van der Waals surface area (Å²) < 4.78 is 0. The highest BCUT2D eigenvalue weighted by Crippen LogP contribution is 2.22. The van der Waals surface area contributed by atoms with Crippen LogP contribution in [0.1, 0.15) is 37.3 Å². The molecule has 124 valence electrons. The molecule has 2 atom stereocenters. The molecular formula is C17H22N2O4. The van der Waals surface area contributed by atoms with Crippen LogP contribution in [0.3, 0.4) is 0 Å². The zero-order valence-corrected chi connectivity index (χ0v) is 13.2. The van der Waals surface area contributed by atoms with Gasteiger partial charge in [0.1, 0.15) is 0 Å². The van der Waals surface area contributed by atoms with Gasteiger partial charge in [0.2, 0.25) is 11.8 Å². The molecule has 2 amide bonds. The minimum Gasteiger partial charge on any atom is -0.481 e. The number of carboxylic acid groups (broad SMARTS) is 1. The first kappa shape index (κ1) is 17.0. The Morgan fingerprint density at radius 3 is 2.65 bits per heavy atom. The molecule has 1 heterocycles. The summed E-state index contributed by atoms with van der Waals surface area (Å²) in [5.41, 5.74) is 0.876. The van der Waals surface area contributed by atoms with Crippen molar-refractivity contribution in [1.29, 1.82) is 0 Å². The molecule has 6 heteroatoms. The van der Waals surface area contributed by atoms with E-state index in [1.54, 1.807) is 11.9 Å². The highest BCUT2D eigenvalue weighted by Gasteiger charge is 2.30. The summed E-state index contributed by atoms with van der Waals surface area (Å²) in [4.78, 5) is 36.7. The Balaban J connectivity index is 2.03. The zero-order valence-electron chi connectivity index (χ0n) is 13.2. The average Bonchev–Trinajstić information content (AvgIpc) is 2.54. The van der Waals surface area contributed by atoms with Crippen LogP contribution in [0.4, 0.5) is 0 Å². The number of nitrogens with zero attached hydrogens (tertiary/aromatic N) is 1. The molecule has 6 nitrogen and oxygen atoms in total. The third kappa shape index (κ3) is 4.81. The number of hydrogen-bond donors (Lipinski definition) is 2. The van der Waals surface area contributed by atoms with Gasteiger partial charge in [-0.05, 0) is 18.4 Å². The van der Waals surface area contributed by atoms with Crippen LogP contribution in [0.5, 0.6) is 0 Å². The molecule has 1 fully saturated rings. The Morgan fingerprint density at radius 1 is 1.35 bits per heavy atom. The van der Waals surface area contributed by atoms with E-state index < -0.39 is 5.97 Å². The molecule has 2 rings (SSSR count). The van der Waals surface area contributed by atoms with Gasteiger partial charge in [-0.3, -0.25) is 14.4 Å². The smallest absolute Gasteiger partial charge is 0.303 e. The summed E-state index contributed by atoms with van der Waals surface area (Å²) in [6.07, 6.45) is 1.15. The number of carbonyl (C=O) groups excluding carboxylic acids is 2. The Hall–Kier alpha value is -2.37. The van der Waals surface area contributed by atoms with Gasteiger partial charge >= 0.3 is 5.97 Å². The van der Waals surface area contributed by atoms with Crippen LogP contribution in [0.25, 0.3) is 0 Å². The highest BCUT2D eigenvalue weighted by atomic mass is 16.4. The second-order valence-electron chi connectivity index (χ2n) is 5.91. The summed E-state index contributed by atoms with van der Waals surface area (Å²) in [7, 11) is 1.73. The van der Waals surface area contributed by atoms with Crippen molar-refractivity contribution in [2.45, 2.75) is 31.7 Å². The molecule has 1 aromatic rings. The Morgan fingerprint density at radius 2 is 2.04 bits per heavy atom. The Kier molecular flexibility index (Phi) is 5.73. The van der Waals surface area contributed by atoms with Crippen molar-refractivity contribution in [2.75, 3.05) is 13.6 Å². The van der Waals surface area contributed by atoms with Crippen LogP contribution in [0, 0.1) is 5.92 Å². The van der Waals surface area contributed by atoms with Gasteiger partial charge in [0.25, 0.3) is 0 Å². The minimum atomic E-state index is -0.894. The fourth-order valence-electron chi connectivity index (χ4n) is 2.73. The fraction of sp³-hybridized carbons (Fsp3) is 0.471. The van der Waals surface area contributed by atoms with E-state index >= 15 is 0 Å². The predicted molar refractivity (Wildman–Crippen MR) is 84.6 cm³/mol. The second-order valence-corrected chi connectivity index (χ2v) is 5.91. The van der Waals surface area contributed by atoms with Crippen molar-refractivity contribution in [3.8, 4) is 0 Å². The first-order valence-corrected chi connectivity index (χ1v) is 7.78. The number of rotatable bonds is 6. The monoisotopic (exact) mass is 318 g/mol. The van der Waals surface area contributed by atoms with Gasteiger partial charge in [0.15, 0.2) is 0 Å². The summed E-state index contributed by atoms with van der Waals surface area (Å²) in [5, 5.41) is 11.8. The SMILES string of the molecule is CN1CCC(C(=O)NC(CCC(=O)O)c2ccccc2)CC1=O. The molecule has 0 radical (unpaired) electrons. The normalized spacial score (nSPS) is 19.3. The molecule has 1 aliphatic heterocycles. The average molecular weight is 318 g/mol. The van der Waals surface area contributed by atoms with Crippen LogP contribution >= 0.6 is 0 Å². The molecule has 0 aromatic heterocycles. The van der Waals surface area contributed by atoms with Crippen LogP contribution in [0.15, 0.2) is 30.3 Å². The molecule has 1 aliphatic rings. The Labute approximate surface area is 135 Å². The van der Waals surface area contributed by atoms with Gasteiger partial charge in [0, 0.05) is 32.4 Å². The molecule has 23 heavy (non-hydrogen) atoms. The lowest BCUT2D eigenvalue weighted by Gasteiger charge is -2.29. The van der Waals surface area contributed by atoms with E-state index in [4.69, 9.17) is 5.11 Å². The molecule has 0 aliphatic carbocycles. The third-order valence-electron chi connectivity index (χ3n) is 4.20. The number of benzene rings is 1. The van der Waals surface area contributed by atoms with Crippen molar-refractivity contribution in [2.24, 2.45) is 5.92 Å². The van der Waals surface area contributed by atoms with Crippen LogP contribution in [-0.2, 0) is 14.4 Å². The van der Waals surface area contributed by atoms with E-state index in [1.165, 1.54) is 0 Å². The predicted octanol–water partition coefficient (Wildman–Crippen LogP) is 1.58. The van der Waals surface area contributed by atoms with Gasteiger partial charge in [-0.2, -0.15) is 0 Å². The minimum absolute atomic E-state index is 0.0217. The number of carbonyl (C=O) groups is 3. The molecule has 0 spiro atoms. The van der Waals surface area contributed by atoms with E-state index in [9.17, 15) is 14.4 Å². The molecule has 0 saturated carbocycles. The fourth-order valence-corrected chi connectivity index (χ4v) is 2.73. The van der Waals surface area contributed by atoms with Crippen LogP contribution in [0.2, 0.25) is 0 Å². The molecule has 0 bridgehead atoms. The first-order chi connectivity index (χ1) is 11.0. The van der Waals surface area contributed by atoms with Gasteiger partial charge < -0.3 is 15.3 Å². The van der Waals surface area contributed by atoms with Gasteiger partial charge in [0.05, 0.1) is 6.04 Å². The maximum Gasteiger partial charge on any atom is 0.303 e. The van der Waals surface area contributed by atoms with Crippen LogP contribution < -0.4 is 5.32 Å². The molecule has 1 saturated heterocycles. The highest BCUT2D eigenvalue weighted by molar-refractivity contribution is 5.87. The number of carboxylic acids is 1. The van der Waals surface area contributed by atoms with E-state index in [0.29, 0.717) is 19.4 Å². The first-order valence-electron chi connectivity index (χ1n) is 7.78. The molecule has 2 unspecified atom stereocenters. The summed E-state index contributed by atoms with van der Waals surface area (Å²) in [5.74, 6) is -1.44. The van der Waals surface area contributed by atoms with Crippen molar-refractivity contribution >= 4 is 17.8 Å². The standard InChI is InChI=1S/C17H22N2O4/c1-19-10-9-13(11-15(19)20)17(23)18-14(7-8-16(21)22)12-5-3-2-4-6-12/h2-6,13-14H,7-11H2,1H3,(H,18,23)(H,21,22). The van der Waals surface area contributed by atoms with Crippen molar-refractivity contribution in [3.05, 3.63) is 35.9 Å². The quantitative estimate of drug-likeness (QED) is 0.833. The second kappa shape index (κ2) is 7.76. The van der Waals surface area contributed by atoms with E-state index in [0.717, 1.165) is 5.56 Å². The van der Waals surface area contributed by atoms with E-state index in [-0.39, 0.29) is 36.6 Å². The van der Waals surface area contributed by atoms with Gasteiger partial charge in [-0.1, -0.05) is 30.3 Å².